The Bertz CT molecular complexity index is 391. The maximum absolute atomic E-state index is 11.8. The second-order valence-electron chi connectivity index (χ2n) is 4.04. The van der Waals surface area contributed by atoms with Crippen LogP contribution in [0.2, 0.25) is 0 Å². The summed E-state index contributed by atoms with van der Waals surface area (Å²) in [6.07, 6.45) is 1.85. The highest BCUT2D eigenvalue weighted by atomic mass is 79.9. The van der Waals surface area contributed by atoms with E-state index in [9.17, 15) is 4.79 Å². The summed E-state index contributed by atoms with van der Waals surface area (Å²) in [6.45, 7) is 3.28. The molecule has 1 aromatic rings. The zero-order valence-corrected chi connectivity index (χ0v) is 12.5. The Morgan fingerprint density at radius 2 is 2.11 bits per heavy atom. The molecule has 0 saturated carbocycles. The molecule has 1 rings (SSSR count). The van der Waals surface area contributed by atoms with Crippen molar-refractivity contribution in [3.05, 3.63) is 28.2 Å². The number of ether oxygens (including phenoxy) is 2. The Balaban J connectivity index is 2.48. The standard InChI is InChI=1S/C14H19BrO3/c1-3-7-18-8-6-12(16)9-11-10-13(17-2)4-5-14(11)15/h4-5,10H,3,6-9H2,1-2H3. The molecular formula is C14H19BrO3. The highest BCUT2D eigenvalue weighted by Gasteiger charge is 2.08. The summed E-state index contributed by atoms with van der Waals surface area (Å²) in [5, 5.41) is 0. The van der Waals surface area contributed by atoms with Crippen molar-refractivity contribution in [2.75, 3.05) is 20.3 Å². The quantitative estimate of drug-likeness (QED) is 0.690. The first-order valence-electron chi connectivity index (χ1n) is 6.09. The van der Waals surface area contributed by atoms with Crippen molar-refractivity contribution in [2.45, 2.75) is 26.2 Å². The average Bonchev–Trinajstić information content (AvgIpc) is 2.37. The third-order valence-corrected chi connectivity index (χ3v) is 3.29. The number of Topliss-reactive ketones (excluding diaryl/α,β-unsaturated/α-hetero) is 1. The van der Waals surface area contributed by atoms with Crippen LogP contribution in [0.1, 0.15) is 25.3 Å². The minimum atomic E-state index is 0.181. The summed E-state index contributed by atoms with van der Waals surface area (Å²) in [4.78, 5) is 11.8. The SMILES string of the molecule is CCCOCCC(=O)Cc1cc(OC)ccc1Br. The van der Waals surface area contributed by atoms with Crippen LogP contribution in [0, 0.1) is 0 Å². The second-order valence-corrected chi connectivity index (χ2v) is 4.89. The van der Waals surface area contributed by atoms with Crippen molar-refractivity contribution in [1.29, 1.82) is 0 Å². The Hall–Kier alpha value is -0.870. The predicted molar refractivity (Wildman–Crippen MR) is 75.1 cm³/mol. The summed E-state index contributed by atoms with van der Waals surface area (Å²) in [7, 11) is 1.62. The van der Waals surface area contributed by atoms with E-state index in [-0.39, 0.29) is 5.78 Å². The van der Waals surface area contributed by atoms with Crippen LogP contribution in [0.15, 0.2) is 22.7 Å². The Labute approximate surface area is 117 Å². The average molecular weight is 315 g/mol. The summed E-state index contributed by atoms with van der Waals surface area (Å²) in [6, 6.07) is 5.65. The largest absolute Gasteiger partial charge is 0.497 e. The Kier molecular flexibility index (Phi) is 6.98. The van der Waals surface area contributed by atoms with E-state index in [1.807, 2.05) is 18.2 Å². The monoisotopic (exact) mass is 314 g/mol. The number of carbonyl (C=O) groups excluding carboxylic acids is 1. The number of benzene rings is 1. The third kappa shape index (κ3) is 5.19. The van der Waals surface area contributed by atoms with Gasteiger partial charge in [0.05, 0.1) is 13.7 Å². The van der Waals surface area contributed by atoms with E-state index in [0.717, 1.165) is 28.8 Å². The molecule has 0 radical (unpaired) electrons. The molecule has 0 spiro atoms. The van der Waals surface area contributed by atoms with E-state index >= 15 is 0 Å². The molecule has 0 unspecified atom stereocenters. The lowest BCUT2D eigenvalue weighted by Crippen LogP contribution is -2.08. The number of ketones is 1. The van der Waals surface area contributed by atoms with Crippen LogP contribution in [-0.2, 0) is 16.0 Å². The van der Waals surface area contributed by atoms with Crippen molar-refractivity contribution in [3.8, 4) is 5.75 Å². The van der Waals surface area contributed by atoms with Crippen LogP contribution in [0.4, 0.5) is 0 Å². The smallest absolute Gasteiger partial charge is 0.139 e. The zero-order valence-electron chi connectivity index (χ0n) is 10.9. The molecule has 0 N–H and O–H groups in total. The highest BCUT2D eigenvalue weighted by Crippen LogP contribution is 2.23. The van der Waals surface area contributed by atoms with Crippen molar-refractivity contribution in [1.82, 2.24) is 0 Å². The molecule has 4 heteroatoms. The molecule has 18 heavy (non-hydrogen) atoms. The first-order valence-corrected chi connectivity index (χ1v) is 6.88. The molecular weight excluding hydrogens is 296 g/mol. The lowest BCUT2D eigenvalue weighted by Gasteiger charge is -2.07. The molecule has 0 amide bonds. The fourth-order valence-corrected chi connectivity index (χ4v) is 1.93. The van der Waals surface area contributed by atoms with Crippen molar-refractivity contribution in [2.24, 2.45) is 0 Å². The summed E-state index contributed by atoms with van der Waals surface area (Å²) in [5.74, 6) is 0.947. The van der Waals surface area contributed by atoms with Crippen molar-refractivity contribution < 1.29 is 14.3 Å². The summed E-state index contributed by atoms with van der Waals surface area (Å²) in [5.41, 5.74) is 0.954. The van der Waals surface area contributed by atoms with Gasteiger partial charge in [0.1, 0.15) is 11.5 Å². The molecule has 0 bridgehead atoms. The fraction of sp³-hybridized carbons (Fsp3) is 0.500. The van der Waals surface area contributed by atoms with E-state index in [1.54, 1.807) is 7.11 Å². The Morgan fingerprint density at radius 3 is 2.78 bits per heavy atom. The van der Waals surface area contributed by atoms with Crippen molar-refractivity contribution in [3.63, 3.8) is 0 Å². The number of hydrogen-bond acceptors (Lipinski definition) is 3. The molecule has 0 aliphatic rings. The topological polar surface area (TPSA) is 35.5 Å². The molecule has 1 aromatic carbocycles. The van der Waals surface area contributed by atoms with Gasteiger partial charge in [-0.15, -0.1) is 0 Å². The van der Waals surface area contributed by atoms with Crippen LogP contribution in [0.3, 0.4) is 0 Å². The molecule has 0 heterocycles. The van der Waals surface area contributed by atoms with Gasteiger partial charge in [-0.2, -0.15) is 0 Å². The van der Waals surface area contributed by atoms with Gasteiger partial charge in [0.2, 0.25) is 0 Å². The summed E-state index contributed by atoms with van der Waals surface area (Å²) >= 11 is 3.44. The molecule has 0 atom stereocenters. The predicted octanol–water partition coefficient (Wildman–Crippen LogP) is 3.39. The fourth-order valence-electron chi connectivity index (χ4n) is 1.55. The lowest BCUT2D eigenvalue weighted by molar-refractivity contribution is -0.119. The minimum Gasteiger partial charge on any atom is -0.497 e. The van der Waals surface area contributed by atoms with Gasteiger partial charge < -0.3 is 9.47 Å². The number of methoxy groups -OCH3 is 1. The van der Waals surface area contributed by atoms with E-state index in [2.05, 4.69) is 22.9 Å². The lowest BCUT2D eigenvalue weighted by atomic mass is 10.1. The molecule has 0 fully saturated rings. The number of carbonyl (C=O) groups is 1. The van der Waals surface area contributed by atoms with Gasteiger partial charge in [-0.3, -0.25) is 4.79 Å². The normalized spacial score (nSPS) is 10.4. The van der Waals surface area contributed by atoms with Gasteiger partial charge in [-0.25, -0.2) is 0 Å². The molecule has 0 aliphatic heterocycles. The maximum atomic E-state index is 11.8. The molecule has 0 aromatic heterocycles. The van der Waals surface area contributed by atoms with Crippen LogP contribution < -0.4 is 4.74 Å². The number of halogens is 1. The van der Waals surface area contributed by atoms with Crippen LogP contribution >= 0.6 is 15.9 Å². The van der Waals surface area contributed by atoms with Gasteiger partial charge in [-0.1, -0.05) is 22.9 Å². The van der Waals surface area contributed by atoms with E-state index in [1.165, 1.54) is 0 Å². The van der Waals surface area contributed by atoms with Crippen LogP contribution in [0.25, 0.3) is 0 Å². The van der Waals surface area contributed by atoms with E-state index in [0.29, 0.717) is 19.4 Å². The number of rotatable bonds is 8. The van der Waals surface area contributed by atoms with Crippen LogP contribution in [0.5, 0.6) is 5.75 Å². The van der Waals surface area contributed by atoms with E-state index in [4.69, 9.17) is 9.47 Å². The van der Waals surface area contributed by atoms with Crippen molar-refractivity contribution >= 4 is 21.7 Å². The first kappa shape index (κ1) is 15.2. The summed E-state index contributed by atoms with van der Waals surface area (Å²) < 4.78 is 11.4. The van der Waals surface area contributed by atoms with Gasteiger partial charge in [-0.05, 0) is 30.2 Å². The third-order valence-electron chi connectivity index (χ3n) is 2.51. The minimum absolute atomic E-state index is 0.181. The second kappa shape index (κ2) is 8.27. The van der Waals surface area contributed by atoms with Gasteiger partial charge >= 0.3 is 0 Å². The molecule has 0 saturated heterocycles. The van der Waals surface area contributed by atoms with E-state index < -0.39 is 0 Å². The first-order chi connectivity index (χ1) is 8.67. The Morgan fingerprint density at radius 1 is 1.33 bits per heavy atom. The van der Waals surface area contributed by atoms with Gasteiger partial charge in [0.25, 0.3) is 0 Å². The highest BCUT2D eigenvalue weighted by molar-refractivity contribution is 9.10. The molecule has 3 nitrogen and oxygen atoms in total. The van der Waals surface area contributed by atoms with Gasteiger partial charge in [0, 0.05) is 23.9 Å². The number of hydrogen-bond donors (Lipinski definition) is 0. The zero-order chi connectivity index (χ0) is 13.4. The van der Waals surface area contributed by atoms with Gasteiger partial charge in [0.15, 0.2) is 0 Å². The van der Waals surface area contributed by atoms with Crippen LogP contribution in [-0.4, -0.2) is 26.1 Å². The maximum Gasteiger partial charge on any atom is 0.139 e. The molecule has 0 aliphatic carbocycles. The molecule has 100 valence electrons.